The van der Waals surface area contributed by atoms with Crippen molar-refractivity contribution in [3.63, 3.8) is 0 Å². The summed E-state index contributed by atoms with van der Waals surface area (Å²) < 4.78 is 13.5. The molecule has 1 saturated carbocycles. The minimum absolute atomic E-state index is 0.00346. The Kier molecular flexibility index (Phi) is 7.45. The van der Waals surface area contributed by atoms with Gasteiger partial charge in [-0.1, -0.05) is 48.5 Å². The number of fused-ring (bicyclic) bond motifs is 1. The van der Waals surface area contributed by atoms with Gasteiger partial charge in [-0.3, -0.25) is 4.79 Å². The van der Waals surface area contributed by atoms with Gasteiger partial charge in [0, 0.05) is 41.9 Å². The second-order valence-corrected chi connectivity index (χ2v) is 10.1. The van der Waals surface area contributed by atoms with Crippen LogP contribution in [0.1, 0.15) is 35.1 Å². The number of H-pyrrole nitrogens is 1. The number of anilines is 1. The van der Waals surface area contributed by atoms with Crippen LogP contribution in [-0.4, -0.2) is 45.9 Å². The summed E-state index contributed by atoms with van der Waals surface area (Å²) in [4.78, 5) is 33.8. The van der Waals surface area contributed by atoms with Crippen LogP contribution in [0.25, 0.3) is 10.9 Å². The Morgan fingerprint density at radius 1 is 0.974 bits per heavy atom. The van der Waals surface area contributed by atoms with E-state index in [9.17, 15) is 14.0 Å². The summed E-state index contributed by atoms with van der Waals surface area (Å²) in [5.41, 5.74) is 5.79. The van der Waals surface area contributed by atoms with Gasteiger partial charge in [0.15, 0.2) is 0 Å². The van der Waals surface area contributed by atoms with Crippen LogP contribution in [0.3, 0.4) is 0 Å². The average Bonchev–Trinajstić information content (AvgIpc) is 3.67. The normalized spacial score (nSPS) is 12.9. The smallest absolute Gasteiger partial charge is 0.322 e. The van der Waals surface area contributed by atoms with Crippen molar-refractivity contribution in [2.75, 3.05) is 18.4 Å². The molecule has 38 heavy (non-hydrogen) atoms. The predicted octanol–water partition coefficient (Wildman–Crippen LogP) is 6.19. The van der Waals surface area contributed by atoms with Crippen molar-refractivity contribution in [1.82, 2.24) is 14.8 Å². The van der Waals surface area contributed by atoms with Gasteiger partial charge in [0.1, 0.15) is 12.4 Å². The summed E-state index contributed by atoms with van der Waals surface area (Å²) in [6.07, 6.45) is 4.43. The summed E-state index contributed by atoms with van der Waals surface area (Å²) in [6.45, 7) is 4.75. The van der Waals surface area contributed by atoms with Gasteiger partial charge in [0.05, 0.1) is 0 Å². The largest absolute Gasteiger partial charge is 0.361 e. The van der Waals surface area contributed by atoms with Gasteiger partial charge in [-0.15, -0.1) is 0 Å². The van der Waals surface area contributed by atoms with Crippen LogP contribution in [0, 0.1) is 19.7 Å². The number of aryl methyl sites for hydroxylation is 2. The standard InChI is InChI=1S/C31H33FN4O2/c1-21-6-5-7-22(2)30(21)34-31(38)36(26-14-15-26)20-29(37)35(19-23-10-12-25(32)13-11-23)17-16-24-18-33-28-9-4-3-8-27(24)28/h3-13,18,26,33H,14-17,19-20H2,1-2H3,(H,34,38). The number of rotatable bonds is 9. The number of aromatic nitrogens is 1. The van der Waals surface area contributed by atoms with Crippen LogP contribution in [-0.2, 0) is 17.8 Å². The fraction of sp³-hybridized carbons (Fsp3) is 0.290. The lowest BCUT2D eigenvalue weighted by molar-refractivity contribution is -0.132. The zero-order valence-electron chi connectivity index (χ0n) is 21.8. The molecule has 1 aliphatic carbocycles. The number of halogens is 1. The molecule has 0 atom stereocenters. The van der Waals surface area contributed by atoms with E-state index in [0.717, 1.165) is 51.7 Å². The number of para-hydroxylation sites is 2. The Balaban J connectivity index is 1.33. The molecule has 1 heterocycles. The van der Waals surface area contributed by atoms with Crippen LogP contribution >= 0.6 is 0 Å². The lowest BCUT2D eigenvalue weighted by atomic mass is 10.1. The Bertz CT molecular complexity index is 1420. The molecule has 0 aliphatic heterocycles. The minimum Gasteiger partial charge on any atom is -0.361 e. The van der Waals surface area contributed by atoms with Gasteiger partial charge in [-0.05, 0) is 73.6 Å². The maximum atomic E-state index is 13.7. The fourth-order valence-electron chi connectivity index (χ4n) is 4.89. The van der Waals surface area contributed by atoms with Gasteiger partial charge >= 0.3 is 6.03 Å². The maximum absolute atomic E-state index is 13.7. The molecule has 0 bridgehead atoms. The molecule has 1 fully saturated rings. The molecule has 0 saturated heterocycles. The first-order valence-corrected chi connectivity index (χ1v) is 13.1. The highest BCUT2D eigenvalue weighted by Gasteiger charge is 2.35. The monoisotopic (exact) mass is 512 g/mol. The first kappa shape index (κ1) is 25.5. The summed E-state index contributed by atoms with van der Waals surface area (Å²) in [5, 5.41) is 4.18. The van der Waals surface area contributed by atoms with Crippen LogP contribution in [0.4, 0.5) is 14.9 Å². The SMILES string of the molecule is Cc1cccc(C)c1NC(=O)N(CC(=O)N(CCc1c[nH]c2ccccc12)Cc1ccc(F)cc1)C1CC1. The van der Waals surface area contributed by atoms with Gasteiger partial charge in [-0.2, -0.15) is 0 Å². The number of carbonyl (C=O) groups is 2. The van der Waals surface area contributed by atoms with Gasteiger partial charge in [-0.25, -0.2) is 9.18 Å². The molecule has 3 aromatic carbocycles. The molecule has 196 valence electrons. The Hall–Kier alpha value is -4.13. The van der Waals surface area contributed by atoms with E-state index in [1.165, 1.54) is 12.1 Å². The van der Waals surface area contributed by atoms with Gasteiger partial charge in [0.2, 0.25) is 5.91 Å². The Labute approximate surface area is 222 Å². The molecule has 5 rings (SSSR count). The topological polar surface area (TPSA) is 68.4 Å². The van der Waals surface area contributed by atoms with Crippen LogP contribution in [0.5, 0.6) is 0 Å². The molecule has 1 aromatic heterocycles. The van der Waals surface area contributed by atoms with E-state index in [2.05, 4.69) is 16.4 Å². The number of hydrogen-bond donors (Lipinski definition) is 2. The highest BCUT2D eigenvalue weighted by Crippen LogP contribution is 2.29. The molecular formula is C31H33FN4O2. The van der Waals surface area contributed by atoms with E-state index in [1.54, 1.807) is 21.9 Å². The van der Waals surface area contributed by atoms with E-state index >= 15 is 0 Å². The van der Waals surface area contributed by atoms with Crippen molar-refractivity contribution in [1.29, 1.82) is 0 Å². The third-order valence-corrected chi connectivity index (χ3v) is 7.23. The predicted molar refractivity (Wildman–Crippen MR) is 148 cm³/mol. The van der Waals surface area contributed by atoms with Crippen molar-refractivity contribution in [2.45, 2.75) is 45.7 Å². The summed E-state index contributed by atoms with van der Waals surface area (Å²) >= 11 is 0. The zero-order valence-corrected chi connectivity index (χ0v) is 21.8. The van der Waals surface area contributed by atoms with Crippen LogP contribution in [0.15, 0.2) is 72.9 Å². The number of benzene rings is 3. The van der Waals surface area contributed by atoms with Crippen LogP contribution in [0.2, 0.25) is 0 Å². The fourth-order valence-corrected chi connectivity index (χ4v) is 4.89. The van der Waals surface area contributed by atoms with Crippen molar-refractivity contribution in [3.05, 3.63) is 101 Å². The third-order valence-electron chi connectivity index (χ3n) is 7.23. The molecule has 0 unspecified atom stereocenters. The van der Waals surface area contributed by atoms with E-state index in [-0.39, 0.29) is 30.3 Å². The number of nitrogens with zero attached hydrogens (tertiary/aromatic N) is 2. The number of nitrogens with one attached hydrogen (secondary N) is 2. The second kappa shape index (κ2) is 11.1. The maximum Gasteiger partial charge on any atom is 0.322 e. The molecule has 0 radical (unpaired) electrons. The Morgan fingerprint density at radius 3 is 2.39 bits per heavy atom. The second-order valence-electron chi connectivity index (χ2n) is 10.1. The molecule has 4 aromatic rings. The van der Waals surface area contributed by atoms with Crippen molar-refractivity contribution in [2.24, 2.45) is 0 Å². The molecule has 6 nitrogen and oxygen atoms in total. The lowest BCUT2D eigenvalue weighted by Gasteiger charge is -2.28. The highest BCUT2D eigenvalue weighted by atomic mass is 19.1. The molecule has 0 spiro atoms. The number of amides is 3. The van der Waals surface area contributed by atoms with E-state index < -0.39 is 0 Å². The number of carbonyl (C=O) groups excluding carboxylic acids is 2. The molecule has 1 aliphatic rings. The molecule has 2 N–H and O–H groups in total. The Morgan fingerprint density at radius 2 is 1.68 bits per heavy atom. The first-order valence-electron chi connectivity index (χ1n) is 13.1. The van der Waals surface area contributed by atoms with E-state index in [4.69, 9.17) is 0 Å². The van der Waals surface area contributed by atoms with Gasteiger partial charge < -0.3 is 20.1 Å². The molecule has 3 amide bonds. The third kappa shape index (κ3) is 5.88. The molecule has 7 heteroatoms. The summed E-state index contributed by atoms with van der Waals surface area (Å²) in [5.74, 6) is -0.439. The number of aromatic amines is 1. The first-order chi connectivity index (χ1) is 18.4. The number of urea groups is 1. The summed E-state index contributed by atoms with van der Waals surface area (Å²) in [6, 6.07) is 20.0. The van der Waals surface area contributed by atoms with Crippen molar-refractivity contribution >= 4 is 28.5 Å². The summed E-state index contributed by atoms with van der Waals surface area (Å²) in [7, 11) is 0. The van der Waals surface area contributed by atoms with E-state index in [0.29, 0.717) is 19.5 Å². The van der Waals surface area contributed by atoms with Gasteiger partial charge in [0.25, 0.3) is 0 Å². The van der Waals surface area contributed by atoms with Crippen molar-refractivity contribution in [3.8, 4) is 0 Å². The zero-order chi connectivity index (χ0) is 26.6. The lowest BCUT2D eigenvalue weighted by Crippen LogP contribution is -2.46. The highest BCUT2D eigenvalue weighted by molar-refractivity contribution is 5.94. The quantitative estimate of drug-likeness (QED) is 0.281. The number of hydrogen-bond acceptors (Lipinski definition) is 2. The minimum atomic E-state index is -0.312. The molecular weight excluding hydrogens is 479 g/mol. The van der Waals surface area contributed by atoms with Crippen LogP contribution < -0.4 is 5.32 Å². The van der Waals surface area contributed by atoms with E-state index in [1.807, 2.05) is 56.4 Å². The average molecular weight is 513 g/mol. The van der Waals surface area contributed by atoms with Crippen molar-refractivity contribution < 1.29 is 14.0 Å².